The van der Waals surface area contributed by atoms with Crippen LogP contribution in [0.2, 0.25) is 10.0 Å². The van der Waals surface area contributed by atoms with Gasteiger partial charge in [-0.25, -0.2) is 4.98 Å². The predicted molar refractivity (Wildman–Crippen MR) is 158 cm³/mol. The lowest BCUT2D eigenvalue weighted by atomic mass is 9.85. The van der Waals surface area contributed by atoms with Crippen LogP contribution in [0.3, 0.4) is 0 Å². The second-order valence-electron chi connectivity index (χ2n) is 10.3. The van der Waals surface area contributed by atoms with Gasteiger partial charge in [-0.05, 0) is 49.7 Å². The average Bonchev–Trinajstić information content (AvgIpc) is 2.90. The fraction of sp³-hybridized carbons (Fsp3) is 0.345. The highest BCUT2D eigenvalue weighted by atomic mass is 35.5. The Morgan fingerprint density at radius 3 is 2.45 bits per heavy atom. The van der Waals surface area contributed by atoms with Gasteiger partial charge in [0, 0.05) is 54.6 Å². The van der Waals surface area contributed by atoms with Crippen molar-refractivity contribution >= 4 is 40.4 Å². The molecule has 0 radical (unpaired) electrons. The van der Waals surface area contributed by atoms with Gasteiger partial charge in [0.25, 0.3) is 0 Å². The summed E-state index contributed by atoms with van der Waals surface area (Å²) in [7, 11) is 5.47. The van der Waals surface area contributed by atoms with Crippen LogP contribution in [-0.4, -0.2) is 60.4 Å². The van der Waals surface area contributed by atoms with Gasteiger partial charge in [-0.3, -0.25) is 15.3 Å². The molecule has 206 valence electrons. The zero-order valence-electron chi connectivity index (χ0n) is 22.8. The SMILES string of the molecule is COc1cc(N)c(C(=N)c2cnc(N3CC(CC#N)(N(C)C)C3)c(C#N)c2)cc1C[C@H](C)c1c(Cl)cncc1Cl. The van der Waals surface area contributed by atoms with Crippen molar-refractivity contribution in [1.29, 1.82) is 15.9 Å². The number of nitriles is 2. The van der Waals surface area contributed by atoms with Gasteiger partial charge in [-0.2, -0.15) is 10.5 Å². The van der Waals surface area contributed by atoms with Gasteiger partial charge in [0.05, 0.1) is 46.5 Å². The number of hydrogen-bond donors (Lipinski definition) is 2. The number of hydrogen-bond acceptors (Lipinski definition) is 9. The maximum Gasteiger partial charge on any atom is 0.146 e. The molecular weight excluding hydrogens is 547 g/mol. The van der Waals surface area contributed by atoms with E-state index >= 15 is 0 Å². The Hall–Kier alpha value is -3.89. The molecule has 9 nitrogen and oxygen atoms in total. The molecule has 0 aliphatic carbocycles. The third-order valence-electron chi connectivity index (χ3n) is 7.53. The fourth-order valence-corrected chi connectivity index (χ4v) is 5.87. The molecule has 3 heterocycles. The molecule has 1 fully saturated rings. The summed E-state index contributed by atoms with van der Waals surface area (Å²) in [4.78, 5) is 12.6. The van der Waals surface area contributed by atoms with E-state index in [1.54, 1.807) is 37.8 Å². The molecule has 0 unspecified atom stereocenters. The molecule has 0 amide bonds. The molecule has 40 heavy (non-hydrogen) atoms. The van der Waals surface area contributed by atoms with Gasteiger partial charge in [-0.15, -0.1) is 0 Å². The van der Waals surface area contributed by atoms with Gasteiger partial charge < -0.3 is 15.4 Å². The first-order chi connectivity index (χ1) is 19.0. The van der Waals surface area contributed by atoms with Crippen LogP contribution in [0.1, 0.15) is 47.1 Å². The van der Waals surface area contributed by atoms with Crippen molar-refractivity contribution in [2.75, 3.05) is 44.9 Å². The van der Waals surface area contributed by atoms with Gasteiger partial charge >= 0.3 is 0 Å². The summed E-state index contributed by atoms with van der Waals surface area (Å²) in [6.07, 6.45) is 5.63. The lowest BCUT2D eigenvalue weighted by Crippen LogP contribution is -2.68. The van der Waals surface area contributed by atoms with Crippen LogP contribution in [0.4, 0.5) is 11.5 Å². The molecule has 1 saturated heterocycles. The van der Waals surface area contributed by atoms with Crippen molar-refractivity contribution in [3.05, 3.63) is 74.7 Å². The summed E-state index contributed by atoms with van der Waals surface area (Å²) in [5.41, 5.74) is 9.53. The van der Waals surface area contributed by atoms with E-state index in [0.29, 0.717) is 69.9 Å². The number of halogens is 2. The van der Waals surface area contributed by atoms with Crippen molar-refractivity contribution in [3.8, 4) is 17.9 Å². The molecule has 1 atom stereocenters. The van der Waals surface area contributed by atoms with Crippen LogP contribution in [0.25, 0.3) is 0 Å². The second kappa shape index (κ2) is 11.7. The van der Waals surface area contributed by atoms with E-state index in [-0.39, 0.29) is 17.2 Å². The van der Waals surface area contributed by atoms with Crippen molar-refractivity contribution in [3.63, 3.8) is 0 Å². The first-order valence-corrected chi connectivity index (χ1v) is 13.3. The zero-order chi connectivity index (χ0) is 29.2. The lowest BCUT2D eigenvalue weighted by Gasteiger charge is -2.53. The van der Waals surface area contributed by atoms with Gasteiger partial charge in [0.1, 0.15) is 17.6 Å². The fourth-order valence-electron chi connectivity index (χ4n) is 5.13. The number of nitrogens with two attached hydrogens (primary N) is 1. The smallest absolute Gasteiger partial charge is 0.146 e. The van der Waals surface area contributed by atoms with E-state index in [1.165, 1.54) is 0 Å². The Labute approximate surface area is 244 Å². The molecule has 0 spiro atoms. The Morgan fingerprint density at radius 2 is 1.88 bits per heavy atom. The first kappa shape index (κ1) is 29.1. The number of nitrogens with zero attached hydrogens (tertiary/aromatic N) is 6. The molecule has 4 rings (SSSR count). The summed E-state index contributed by atoms with van der Waals surface area (Å²) in [5.74, 6) is 1.06. The number of likely N-dealkylation sites (N-methyl/N-ethyl adjacent to an activating group) is 1. The van der Waals surface area contributed by atoms with Crippen molar-refractivity contribution in [1.82, 2.24) is 14.9 Å². The van der Waals surface area contributed by atoms with E-state index in [2.05, 4.69) is 22.1 Å². The minimum atomic E-state index is -0.273. The lowest BCUT2D eigenvalue weighted by molar-refractivity contribution is 0.116. The molecule has 0 bridgehead atoms. The van der Waals surface area contributed by atoms with E-state index in [4.69, 9.17) is 39.1 Å². The van der Waals surface area contributed by atoms with Crippen LogP contribution in [0.15, 0.2) is 36.8 Å². The van der Waals surface area contributed by atoms with Crippen LogP contribution < -0.4 is 15.4 Å². The van der Waals surface area contributed by atoms with Crippen molar-refractivity contribution in [2.24, 2.45) is 0 Å². The molecule has 11 heteroatoms. The number of aromatic nitrogens is 2. The standard InChI is InChI=1S/C29H30Cl2N8O/c1-17(26-22(30)13-36-14-23(26)31)7-18-9-21(24(34)10-25(18)40-4)27(35)20-8-19(11-33)28(37-12-20)39-15-29(16-39,5-6-32)38(2)3/h8-10,12-14,17,35H,5,7,15-16,34H2,1-4H3/t17-/m0/s1. The molecule has 1 aliphatic rings. The molecule has 3 N–H and O–H groups in total. The number of ether oxygens (including phenoxy) is 1. The molecule has 0 saturated carbocycles. The Bertz CT molecular complexity index is 1520. The number of anilines is 2. The third-order valence-corrected chi connectivity index (χ3v) is 8.14. The largest absolute Gasteiger partial charge is 0.496 e. The van der Waals surface area contributed by atoms with E-state index in [1.807, 2.05) is 36.9 Å². The van der Waals surface area contributed by atoms with Crippen LogP contribution in [0.5, 0.6) is 5.75 Å². The number of nitrogen functional groups attached to an aromatic ring is 1. The number of rotatable bonds is 9. The van der Waals surface area contributed by atoms with Crippen molar-refractivity contribution in [2.45, 2.75) is 31.2 Å². The van der Waals surface area contributed by atoms with Gasteiger partial charge in [0.2, 0.25) is 0 Å². The summed E-state index contributed by atoms with van der Waals surface area (Å²) in [6, 6.07) is 9.67. The van der Waals surface area contributed by atoms with E-state index in [0.717, 1.165) is 11.1 Å². The quantitative estimate of drug-likeness (QED) is 0.266. The maximum absolute atomic E-state index is 9.91. The Kier molecular flexibility index (Phi) is 8.51. The number of pyridine rings is 2. The monoisotopic (exact) mass is 576 g/mol. The van der Waals surface area contributed by atoms with Gasteiger partial charge in [-0.1, -0.05) is 30.1 Å². The van der Waals surface area contributed by atoms with E-state index < -0.39 is 0 Å². The van der Waals surface area contributed by atoms with Crippen LogP contribution in [-0.2, 0) is 6.42 Å². The number of nitrogens with one attached hydrogen (secondary N) is 1. The average molecular weight is 578 g/mol. The molecule has 1 aliphatic heterocycles. The summed E-state index contributed by atoms with van der Waals surface area (Å²) >= 11 is 12.8. The molecule has 1 aromatic carbocycles. The highest BCUT2D eigenvalue weighted by Gasteiger charge is 2.46. The molecule has 3 aromatic rings. The highest BCUT2D eigenvalue weighted by Crippen LogP contribution is 2.37. The number of benzene rings is 1. The van der Waals surface area contributed by atoms with Crippen LogP contribution >= 0.6 is 23.2 Å². The minimum Gasteiger partial charge on any atom is -0.496 e. The zero-order valence-corrected chi connectivity index (χ0v) is 24.3. The first-order valence-electron chi connectivity index (χ1n) is 12.6. The highest BCUT2D eigenvalue weighted by molar-refractivity contribution is 6.35. The summed E-state index contributed by atoms with van der Waals surface area (Å²) < 4.78 is 5.60. The molecular formula is C29H30Cl2N8O. The second-order valence-corrected chi connectivity index (χ2v) is 11.1. The Balaban J connectivity index is 1.63. The minimum absolute atomic E-state index is 0.0689. The maximum atomic E-state index is 9.91. The summed E-state index contributed by atoms with van der Waals surface area (Å²) in [6.45, 7) is 3.18. The van der Waals surface area contributed by atoms with Crippen LogP contribution in [0, 0.1) is 28.1 Å². The summed E-state index contributed by atoms with van der Waals surface area (Å²) in [5, 5.41) is 29.1. The molecule has 2 aromatic heterocycles. The normalized spacial score (nSPS) is 14.7. The Morgan fingerprint density at radius 1 is 1.20 bits per heavy atom. The topological polar surface area (TPSA) is 139 Å². The number of methoxy groups -OCH3 is 1. The van der Waals surface area contributed by atoms with Gasteiger partial charge in [0.15, 0.2) is 0 Å². The third kappa shape index (κ3) is 5.41. The van der Waals surface area contributed by atoms with Crippen molar-refractivity contribution < 1.29 is 4.74 Å². The van der Waals surface area contributed by atoms with E-state index in [9.17, 15) is 10.5 Å². The predicted octanol–water partition coefficient (Wildman–Crippen LogP) is 5.04.